The molecule has 1 aliphatic rings. The van der Waals surface area contributed by atoms with Gasteiger partial charge in [-0.1, -0.05) is 30.3 Å². The summed E-state index contributed by atoms with van der Waals surface area (Å²) in [5, 5.41) is 8.80. The molecule has 2 unspecified atom stereocenters. The highest BCUT2D eigenvalue weighted by Gasteiger charge is 2.46. The molecular formula is C15H13NO4. The van der Waals surface area contributed by atoms with Crippen molar-refractivity contribution in [2.75, 3.05) is 0 Å². The van der Waals surface area contributed by atoms with Gasteiger partial charge in [-0.15, -0.1) is 0 Å². The predicted molar refractivity (Wildman–Crippen MR) is 70.3 cm³/mol. The number of nitrogens with zero attached hydrogens (tertiary/aromatic N) is 1. The van der Waals surface area contributed by atoms with Crippen molar-refractivity contribution < 1.29 is 19.4 Å². The Bertz CT molecular complexity index is 597. The van der Waals surface area contributed by atoms with E-state index in [4.69, 9.17) is 14.6 Å². The van der Waals surface area contributed by atoms with Crippen LogP contribution < -0.4 is 4.74 Å². The molecule has 1 aromatic carbocycles. The van der Waals surface area contributed by atoms with Crippen molar-refractivity contribution in [2.45, 2.75) is 18.8 Å². The number of epoxide rings is 1. The second-order valence-corrected chi connectivity index (χ2v) is 4.51. The van der Waals surface area contributed by atoms with Crippen LogP contribution in [0.15, 0.2) is 48.7 Å². The van der Waals surface area contributed by atoms with E-state index >= 15 is 0 Å². The summed E-state index contributed by atoms with van der Waals surface area (Å²) in [5.41, 5.74) is 1.87. The van der Waals surface area contributed by atoms with Crippen LogP contribution in [-0.4, -0.2) is 22.2 Å². The summed E-state index contributed by atoms with van der Waals surface area (Å²) in [5.74, 6) is -0.342. The van der Waals surface area contributed by atoms with Crippen molar-refractivity contribution in [3.8, 4) is 5.88 Å². The highest BCUT2D eigenvalue weighted by molar-refractivity contribution is 5.76. The fraction of sp³-hybridized carbons (Fsp3) is 0.200. The van der Waals surface area contributed by atoms with Gasteiger partial charge in [0.25, 0.3) is 0 Å². The van der Waals surface area contributed by atoms with Crippen molar-refractivity contribution in [1.82, 2.24) is 4.98 Å². The molecule has 0 saturated carbocycles. The van der Waals surface area contributed by atoms with E-state index < -0.39 is 12.1 Å². The lowest BCUT2D eigenvalue weighted by molar-refractivity contribution is -0.138. The second-order valence-electron chi connectivity index (χ2n) is 4.51. The zero-order chi connectivity index (χ0) is 13.9. The molecule has 1 N–H and O–H groups in total. The van der Waals surface area contributed by atoms with Crippen molar-refractivity contribution in [2.24, 2.45) is 0 Å². The fourth-order valence-electron chi connectivity index (χ4n) is 1.95. The Morgan fingerprint density at radius 2 is 2.05 bits per heavy atom. The van der Waals surface area contributed by atoms with Gasteiger partial charge in [0, 0.05) is 12.3 Å². The molecule has 1 saturated heterocycles. The molecule has 5 nitrogen and oxygen atoms in total. The maximum atomic E-state index is 10.7. The Labute approximate surface area is 115 Å². The van der Waals surface area contributed by atoms with E-state index in [0.29, 0.717) is 12.5 Å². The minimum Gasteiger partial charge on any atom is -0.479 e. The van der Waals surface area contributed by atoms with Gasteiger partial charge in [-0.3, -0.25) is 0 Å². The number of ether oxygens (including phenoxy) is 2. The number of benzene rings is 1. The first-order chi connectivity index (χ1) is 9.74. The van der Waals surface area contributed by atoms with Crippen molar-refractivity contribution in [1.29, 1.82) is 0 Å². The molecule has 5 heteroatoms. The lowest BCUT2D eigenvalue weighted by Gasteiger charge is -2.05. The third-order valence-corrected chi connectivity index (χ3v) is 3.07. The number of hydrogen-bond donors (Lipinski definition) is 1. The Morgan fingerprint density at radius 3 is 2.65 bits per heavy atom. The normalized spacial score (nSPS) is 20.4. The van der Waals surface area contributed by atoms with Crippen LogP contribution in [0.25, 0.3) is 0 Å². The van der Waals surface area contributed by atoms with Crippen LogP contribution in [0, 0.1) is 0 Å². The van der Waals surface area contributed by atoms with Crippen LogP contribution >= 0.6 is 0 Å². The van der Waals surface area contributed by atoms with Crippen LogP contribution in [0.1, 0.15) is 17.2 Å². The fourth-order valence-corrected chi connectivity index (χ4v) is 1.95. The molecule has 3 rings (SSSR count). The SMILES string of the molecule is O=C(O)C1OC1c1ccc(COc2ccccn2)cc1. The number of hydrogen-bond acceptors (Lipinski definition) is 4. The van der Waals surface area contributed by atoms with Gasteiger partial charge < -0.3 is 14.6 Å². The second kappa shape index (κ2) is 5.30. The van der Waals surface area contributed by atoms with E-state index in [0.717, 1.165) is 11.1 Å². The molecule has 0 amide bonds. The largest absolute Gasteiger partial charge is 0.479 e. The summed E-state index contributed by atoms with van der Waals surface area (Å²) >= 11 is 0. The van der Waals surface area contributed by atoms with Gasteiger partial charge in [0.15, 0.2) is 6.10 Å². The summed E-state index contributed by atoms with van der Waals surface area (Å²) in [6.07, 6.45) is 0.651. The lowest BCUT2D eigenvalue weighted by atomic mass is 10.1. The quantitative estimate of drug-likeness (QED) is 0.844. The van der Waals surface area contributed by atoms with Crippen LogP contribution in [0.2, 0.25) is 0 Å². The molecule has 1 fully saturated rings. The van der Waals surface area contributed by atoms with E-state index in [-0.39, 0.29) is 6.10 Å². The molecule has 0 aliphatic carbocycles. The number of rotatable bonds is 5. The topological polar surface area (TPSA) is 72.0 Å². The molecule has 1 aliphatic heterocycles. The van der Waals surface area contributed by atoms with Gasteiger partial charge in [-0.2, -0.15) is 0 Å². The van der Waals surface area contributed by atoms with Crippen molar-refractivity contribution in [3.63, 3.8) is 0 Å². The standard InChI is InChI=1S/C15H13NO4/c17-15(18)14-13(20-14)11-6-4-10(5-7-11)9-19-12-3-1-2-8-16-12/h1-8,13-14H,9H2,(H,17,18). The Balaban J connectivity index is 1.58. The van der Waals surface area contributed by atoms with E-state index in [1.807, 2.05) is 36.4 Å². The Hall–Kier alpha value is -2.40. The smallest absolute Gasteiger partial charge is 0.335 e. The van der Waals surface area contributed by atoms with Gasteiger partial charge in [-0.05, 0) is 17.2 Å². The van der Waals surface area contributed by atoms with Gasteiger partial charge in [0.05, 0.1) is 0 Å². The third-order valence-electron chi connectivity index (χ3n) is 3.07. The Morgan fingerprint density at radius 1 is 1.25 bits per heavy atom. The minimum absolute atomic E-state index is 0.321. The minimum atomic E-state index is -0.919. The zero-order valence-electron chi connectivity index (χ0n) is 10.6. The maximum Gasteiger partial charge on any atom is 0.335 e. The average Bonchev–Trinajstić information content (AvgIpc) is 3.27. The molecule has 2 atom stereocenters. The summed E-state index contributed by atoms with van der Waals surface area (Å²) in [4.78, 5) is 14.8. The molecule has 2 aromatic rings. The zero-order valence-corrected chi connectivity index (χ0v) is 10.6. The number of carboxylic acids is 1. The predicted octanol–water partition coefficient (Wildman–Crippen LogP) is 2.19. The van der Waals surface area contributed by atoms with Gasteiger partial charge >= 0.3 is 5.97 Å². The molecule has 2 heterocycles. The van der Waals surface area contributed by atoms with Crippen LogP contribution in [0.3, 0.4) is 0 Å². The third kappa shape index (κ3) is 2.78. The van der Waals surface area contributed by atoms with Crippen LogP contribution in [-0.2, 0) is 16.1 Å². The van der Waals surface area contributed by atoms with E-state index in [1.54, 1.807) is 12.3 Å². The molecular weight excluding hydrogens is 258 g/mol. The van der Waals surface area contributed by atoms with Gasteiger partial charge in [0.1, 0.15) is 12.7 Å². The van der Waals surface area contributed by atoms with E-state index in [2.05, 4.69) is 4.98 Å². The molecule has 1 aromatic heterocycles. The van der Waals surface area contributed by atoms with Crippen LogP contribution in [0.4, 0.5) is 0 Å². The van der Waals surface area contributed by atoms with Gasteiger partial charge in [0.2, 0.25) is 5.88 Å². The maximum absolute atomic E-state index is 10.7. The first-order valence-electron chi connectivity index (χ1n) is 6.25. The number of pyridine rings is 1. The average molecular weight is 271 g/mol. The lowest BCUT2D eigenvalue weighted by Crippen LogP contribution is -2.05. The molecule has 102 valence electrons. The molecule has 0 bridgehead atoms. The number of aliphatic carboxylic acids is 1. The van der Waals surface area contributed by atoms with Crippen LogP contribution in [0.5, 0.6) is 5.88 Å². The molecule has 0 radical (unpaired) electrons. The molecule has 20 heavy (non-hydrogen) atoms. The molecule has 0 spiro atoms. The summed E-state index contributed by atoms with van der Waals surface area (Å²) < 4.78 is 10.6. The van der Waals surface area contributed by atoms with Gasteiger partial charge in [-0.25, -0.2) is 9.78 Å². The highest BCUT2D eigenvalue weighted by atomic mass is 16.6. The highest BCUT2D eigenvalue weighted by Crippen LogP contribution is 2.38. The number of carbonyl (C=O) groups is 1. The summed E-state index contributed by atoms with van der Waals surface area (Å²) in [6.45, 7) is 0.422. The Kier molecular flexibility index (Phi) is 3.35. The monoisotopic (exact) mass is 271 g/mol. The van der Waals surface area contributed by atoms with E-state index in [9.17, 15) is 4.79 Å². The first kappa shape index (κ1) is 12.6. The number of aromatic nitrogens is 1. The van der Waals surface area contributed by atoms with E-state index in [1.165, 1.54) is 0 Å². The summed E-state index contributed by atoms with van der Waals surface area (Å²) in [6, 6.07) is 13.0. The van der Waals surface area contributed by atoms with Crippen molar-refractivity contribution in [3.05, 3.63) is 59.8 Å². The summed E-state index contributed by atoms with van der Waals surface area (Å²) in [7, 11) is 0. The number of carboxylic acid groups (broad SMARTS) is 1. The first-order valence-corrected chi connectivity index (χ1v) is 6.25. The van der Waals surface area contributed by atoms with Crippen molar-refractivity contribution >= 4 is 5.97 Å².